The topological polar surface area (TPSA) is 68.2 Å². The first-order valence-corrected chi connectivity index (χ1v) is 17.1. The zero-order valence-corrected chi connectivity index (χ0v) is 24.4. The molecule has 6 nitrogen and oxygen atoms in total. The van der Waals surface area contributed by atoms with Crippen LogP contribution in [0.15, 0.2) is 30.3 Å². The van der Waals surface area contributed by atoms with Crippen LogP contribution in [0.25, 0.3) is 0 Å². The Hall–Kier alpha value is -0.903. The molecule has 1 aromatic rings. The van der Waals surface area contributed by atoms with E-state index in [4.69, 9.17) is 19.3 Å². The van der Waals surface area contributed by atoms with Crippen LogP contribution < -0.4 is 4.74 Å². The van der Waals surface area contributed by atoms with Crippen LogP contribution in [0.2, 0.25) is 12.1 Å². The quantitative estimate of drug-likeness (QED) is 0.139. The molecule has 1 aromatic carbocycles. The van der Waals surface area contributed by atoms with Crippen LogP contribution >= 0.6 is 11.8 Å². The van der Waals surface area contributed by atoms with Crippen LogP contribution in [0, 0.1) is 0 Å². The van der Waals surface area contributed by atoms with Crippen LogP contribution in [0.4, 0.5) is 0 Å². The van der Waals surface area contributed by atoms with Crippen molar-refractivity contribution in [3.8, 4) is 5.75 Å². The number of hydrogen-bond donors (Lipinski definition) is 1. The Labute approximate surface area is 225 Å². The molecule has 8 heteroatoms. The van der Waals surface area contributed by atoms with Crippen molar-refractivity contribution >= 4 is 25.8 Å². The van der Waals surface area contributed by atoms with Crippen molar-refractivity contribution in [2.45, 2.75) is 88.8 Å². The van der Waals surface area contributed by atoms with E-state index in [-0.39, 0.29) is 18.5 Å². The molecule has 1 heterocycles. The fourth-order valence-corrected chi connectivity index (χ4v) is 9.92. The highest BCUT2D eigenvalue weighted by atomic mass is 32.2. The molecule has 0 radical (unpaired) electrons. The first kappa shape index (κ1) is 31.3. The summed E-state index contributed by atoms with van der Waals surface area (Å²) in [7, 11) is 0.691. The molecule has 2 atom stereocenters. The van der Waals surface area contributed by atoms with E-state index in [1.807, 2.05) is 30.3 Å². The summed E-state index contributed by atoms with van der Waals surface area (Å²) in [6, 6.07) is 12.8. The van der Waals surface area contributed by atoms with Gasteiger partial charge in [-0.25, -0.2) is 0 Å². The number of para-hydroxylation sites is 1. The Balaban J connectivity index is 1.82. The fraction of sp³-hybridized carbons (Fsp3) is 0.750. The second-order valence-corrected chi connectivity index (χ2v) is 14.0. The molecule has 1 N–H and O–H groups in total. The highest BCUT2D eigenvalue weighted by Crippen LogP contribution is 2.26. The molecule has 0 bridgehead atoms. The minimum absolute atomic E-state index is 0.113. The lowest BCUT2D eigenvalue weighted by atomic mass is 10.0. The molecule has 1 aliphatic rings. The lowest BCUT2D eigenvalue weighted by molar-refractivity contribution is -0.112. The first-order valence-electron chi connectivity index (χ1n) is 14.0. The second kappa shape index (κ2) is 21.1. The van der Waals surface area contributed by atoms with E-state index >= 15 is 0 Å². The number of benzene rings is 1. The number of methoxy groups -OCH3 is 1. The maximum absolute atomic E-state index is 12.3. The van der Waals surface area contributed by atoms with Gasteiger partial charge in [0.1, 0.15) is 21.5 Å². The Morgan fingerprint density at radius 1 is 1.03 bits per heavy atom. The van der Waals surface area contributed by atoms with Crippen molar-refractivity contribution < 1.29 is 24.1 Å². The van der Waals surface area contributed by atoms with Gasteiger partial charge >= 0.3 is 0 Å². The summed E-state index contributed by atoms with van der Waals surface area (Å²) in [6.45, 7) is 2.64. The molecule has 2 unspecified atom stereocenters. The van der Waals surface area contributed by atoms with Crippen LogP contribution in [0.5, 0.6) is 5.75 Å². The van der Waals surface area contributed by atoms with Gasteiger partial charge in [-0.1, -0.05) is 68.5 Å². The normalized spacial score (nSPS) is 17.9. The third-order valence-corrected chi connectivity index (χ3v) is 11.7. The molecule has 0 aromatic heterocycles. The summed E-state index contributed by atoms with van der Waals surface area (Å²) in [5, 5.41) is 9.25. The highest BCUT2D eigenvalue weighted by molar-refractivity contribution is 8.13. The minimum atomic E-state index is -1.08. The third kappa shape index (κ3) is 14.1. The van der Waals surface area contributed by atoms with Gasteiger partial charge in [-0.05, 0) is 62.9 Å². The van der Waals surface area contributed by atoms with Crippen LogP contribution in [-0.4, -0.2) is 75.8 Å². The second-order valence-electron chi connectivity index (χ2n) is 9.73. The summed E-state index contributed by atoms with van der Waals surface area (Å²) >= 11 is 1.43. The predicted octanol–water partition coefficient (Wildman–Crippen LogP) is 5.64. The third-order valence-electron chi connectivity index (χ3n) is 7.01. The van der Waals surface area contributed by atoms with E-state index < -0.39 is 8.96 Å². The molecule has 0 aliphatic carbocycles. The van der Waals surface area contributed by atoms with Crippen molar-refractivity contribution in [3.63, 3.8) is 0 Å². The van der Waals surface area contributed by atoms with E-state index in [0.29, 0.717) is 12.6 Å². The molecule has 0 spiro atoms. The zero-order valence-electron chi connectivity index (χ0n) is 22.4. The highest BCUT2D eigenvalue weighted by Gasteiger charge is 2.27. The number of hydrogen-bond acceptors (Lipinski definition) is 7. The van der Waals surface area contributed by atoms with Gasteiger partial charge in [-0.15, -0.1) is 0 Å². The van der Waals surface area contributed by atoms with Gasteiger partial charge in [0.15, 0.2) is 6.61 Å². The number of aliphatic hydroxyl groups is 1. The number of aliphatic hydroxyl groups excluding tert-OH is 1. The fourth-order valence-electron chi connectivity index (χ4n) is 5.11. The number of ether oxygens (including phenoxy) is 3. The van der Waals surface area contributed by atoms with Crippen molar-refractivity contribution in [1.82, 2.24) is 4.57 Å². The van der Waals surface area contributed by atoms with E-state index in [2.05, 4.69) is 4.57 Å². The lowest BCUT2D eigenvalue weighted by Crippen LogP contribution is -2.48. The Morgan fingerprint density at radius 3 is 2.64 bits per heavy atom. The van der Waals surface area contributed by atoms with Crippen molar-refractivity contribution in [3.05, 3.63) is 30.3 Å². The van der Waals surface area contributed by atoms with Crippen molar-refractivity contribution in [1.29, 1.82) is 0 Å². The predicted molar refractivity (Wildman–Crippen MR) is 152 cm³/mol. The summed E-state index contributed by atoms with van der Waals surface area (Å²) in [6.07, 6.45) is 13.5. The van der Waals surface area contributed by atoms with Crippen LogP contribution in [0.1, 0.15) is 70.6 Å². The average Bonchev–Trinajstić information content (AvgIpc) is 2.88. The molecule has 1 saturated heterocycles. The van der Waals surface area contributed by atoms with E-state index in [0.717, 1.165) is 37.4 Å². The maximum atomic E-state index is 12.3. The molecular formula is C28H49NO5SSi. The van der Waals surface area contributed by atoms with Crippen molar-refractivity contribution in [2.24, 2.45) is 0 Å². The summed E-state index contributed by atoms with van der Waals surface area (Å²) in [5.74, 6) is 1.63. The van der Waals surface area contributed by atoms with E-state index in [9.17, 15) is 4.79 Å². The molecular weight excluding hydrogens is 490 g/mol. The Bertz CT molecular complexity index is 669. The van der Waals surface area contributed by atoms with E-state index in [1.54, 1.807) is 7.11 Å². The Kier molecular flexibility index (Phi) is 18.3. The Morgan fingerprint density at radius 2 is 1.83 bits per heavy atom. The molecule has 206 valence electrons. The number of nitrogens with zero attached hydrogens (tertiary/aromatic N) is 1. The molecule has 0 amide bonds. The van der Waals surface area contributed by atoms with Gasteiger partial charge in [-0.2, -0.15) is 0 Å². The molecule has 2 rings (SSSR count). The minimum Gasteiger partial charge on any atom is -0.485 e. The summed E-state index contributed by atoms with van der Waals surface area (Å²) in [5.41, 5.74) is 0. The number of thioether (sulfide) groups is 1. The van der Waals surface area contributed by atoms with Gasteiger partial charge in [0.25, 0.3) is 0 Å². The SMILES string of the molecule is COCCCCCCC(CCOCO)N1CCCCCC[SiH]1CCCSC(=O)COc1ccccc1. The molecule has 1 fully saturated rings. The first-order chi connectivity index (χ1) is 17.7. The standard InChI is InChI=1S/C28H49NO5SSi/c1-32-19-11-4-2-7-14-26(17-20-33-25-30)29-18-10-3-5-12-22-36(29)23-13-21-35-28(31)24-34-27-15-8-6-9-16-27/h6,8-9,15-16,26,30,36H,2-5,7,10-14,17-25H2,1H3. The zero-order chi connectivity index (χ0) is 25.7. The number of carbonyl (C=O) groups is 1. The maximum Gasteiger partial charge on any atom is 0.226 e. The largest absolute Gasteiger partial charge is 0.485 e. The van der Waals surface area contributed by atoms with Gasteiger partial charge in [-0.3, -0.25) is 4.79 Å². The van der Waals surface area contributed by atoms with Gasteiger partial charge in [0.2, 0.25) is 5.12 Å². The monoisotopic (exact) mass is 539 g/mol. The average molecular weight is 540 g/mol. The van der Waals surface area contributed by atoms with E-state index in [1.165, 1.54) is 81.8 Å². The number of unbranched alkanes of at least 4 members (excludes halogenated alkanes) is 3. The summed E-state index contributed by atoms with van der Waals surface area (Å²) in [4.78, 5) is 12.3. The lowest BCUT2D eigenvalue weighted by Gasteiger charge is -2.39. The summed E-state index contributed by atoms with van der Waals surface area (Å²) < 4.78 is 19.1. The van der Waals surface area contributed by atoms with Crippen LogP contribution in [-0.2, 0) is 14.3 Å². The van der Waals surface area contributed by atoms with Gasteiger partial charge in [0.05, 0.1) is 6.61 Å². The van der Waals surface area contributed by atoms with Crippen molar-refractivity contribution in [2.75, 3.05) is 46.0 Å². The smallest absolute Gasteiger partial charge is 0.226 e. The molecule has 1 aliphatic heterocycles. The number of rotatable bonds is 19. The van der Waals surface area contributed by atoms with Gasteiger partial charge in [0, 0.05) is 25.5 Å². The molecule has 0 saturated carbocycles. The van der Waals surface area contributed by atoms with Crippen LogP contribution in [0.3, 0.4) is 0 Å². The number of carbonyl (C=O) groups excluding carboxylic acids is 1. The van der Waals surface area contributed by atoms with Gasteiger partial charge < -0.3 is 23.9 Å². The molecule has 36 heavy (non-hydrogen) atoms.